The van der Waals surface area contributed by atoms with Gasteiger partial charge in [-0.25, -0.2) is 0 Å². The second kappa shape index (κ2) is 5.89. The summed E-state index contributed by atoms with van der Waals surface area (Å²) < 4.78 is 7.29. The standard InChI is InChI=1S/C15H20N2O2/c1-4-17-14(9-11(3)16-17)15(18)12-7-6-8-13(10-12)19-5-2/h6-10,15,18H,4-5H2,1-3H3. The van der Waals surface area contributed by atoms with Gasteiger partial charge >= 0.3 is 0 Å². The van der Waals surface area contributed by atoms with Crippen LogP contribution < -0.4 is 4.74 Å². The van der Waals surface area contributed by atoms with E-state index in [9.17, 15) is 5.11 Å². The van der Waals surface area contributed by atoms with E-state index in [2.05, 4.69) is 5.10 Å². The zero-order chi connectivity index (χ0) is 13.8. The lowest BCUT2D eigenvalue weighted by atomic mass is 10.1. The SMILES string of the molecule is CCOc1cccc(C(O)c2cc(C)nn2CC)c1. The molecule has 0 amide bonds. The summed E-state index contributed by atoms with van der Waals surface area (Å²) >= 11 is 0. The molecule has 102 valence electrons. The molecule has 0 fully saturated rings. The van der Waals surface area contributed by atoms with Crippen molar-refractivity contribution in [2.24, 2.45) is 0 Å². The summed E-state index contributed by atoms with van der Waals surface area (Å²) in [6.07, 6.45) is -0.679. The van der Waals surface area contributed by atoms with E-state index < -0.39 is 6.10 Å². The fraction of sp³-hybridized carbons (Fsp3) is 0.400. The zero-order valence-electron chi connectivity index (χ0n) is 11.6. The molecule has 1 heterocycles. The van der Waals surface area contributed by atoms with Gasteiger partial charge in [0.15, 0.2) is 0 Å². The molecule has 1 atom stereocenters. The van der Waals surface area contributed by atoms with Gasteiger partial charge in [-0.15, -0.1) is 0 Å². The van der Waals surface area contributed by atoms with Gasteiger partial charge in [0.25, 0.3) is 0 Å². The maximum atomic E-state index is 10.5. The van der Waals surface area contributed by atoms with E-state index in [0.29, 0.717) is 6.61 Å². The summed E-state index contributed by atoms with van der Waals surface area (Å²) in [4.78, 5) is 0. The molecule has 4 heteroatoms. The number of benzene rings is 1. The lowest BCUT2D eigenvalue weighted by Gasteiger charge is -2.14. The number of aliphatic hydroxyl groups is 1. The van der Waals surface area contributed by atoms with Crippen LogP contribution in [0.1, 0.15) is 36.9 Å². The van der Waals surface area contributed by atoms with E-state index in [1.807, 2.05) is 55.8 Å². The molecule has 1 aromatic heterocycles. The van der Waals surface area contributed by atoms with Gasteiger partial charge < -0.3 is 9.84 Å². The minimum atomic E-state index is -0.679. The Morgan fingerprint density at radius 2 is 2.11 bits per heavy atom. The van der Waals surface area contributed by atoms with E-state index in [1.54, 1.807) is 0 Å². The van der Waals surface area contributed by atoms with Crippen LogP contribution in [0, 0.1) is 6.92 Å². The molecular weight excluding hydrogens is 240 g/mol. The Hall–Kier alpha value is -1.81. The second-order valence-electron chi connectivity index (χ2n) is 4.43. The van der Waals surface area contributed by atoms with E-state index in [1.165, 1.54) is 0 Å². The second-order valence-corrected chi connectivity index (χ2v) is 4.43. The molecule has 0 aliphatic rings. The van der Waals surface area contributed by atoms with Crippen LogP contribution >= 0.6 is 0 Å². The average molecular weight is 260 g/mol. The Morgan fingerprint density at radius 1 is 1.32 bits per heavy atom. The molecule has 1 N–H and O–H groups in total. The van der Waals surface area contributed by atoms with Crippen molar-refractivity contribution in [2.45, 2.75) is 33.4 Å². The smallest absolute Gasteiger partial charge is 0.121 e. The van der Waals surface area contributed by atoms with Crippen molar-refractivity contribution in [1.29, 1.82) is 0 Å². The molecule has 2 aromatic rings. The highest BCUT2D eigenvalue weighted by Crippen LogP contribution is 2.25. The number of aromatic nitrogens is 2. The summed E-state index contributed by atoms with van der Waals surface area (Å²) in [6, 6.07) is 9.47. The molecule has 1 aromatic carbocycles. The number of rotatable bonds is 5. The number of ether oxygens (including phenoxy) is 1. The predicted molar refractivity (Wildman–Crippen MR) is 74.3 cm³/mol. The van der Waals surface area contributed by atoms with Crippen molar-refractivity contribution in [3.8, 4) is 5.75 Å². The molecule has 0 aliphatic heterocycles. The van der Waals surface area contributed by atoms with Crippen LogP contribution in [0.5, 0.6) is 5.75 Å². The first-order chi connectivity index (χ1) is 9.15. The van der Waals surface area contributed by atoms with E-state index >= 15 is 0 Å². The van der Waals surface area contributed by atoms with Crippen molar-refractivity contribution < 1.29 is 9.84 Å². The number of hydrogen-bond acceptors (Lipinski definition) is 3. The van der Waals surface area contributed by atoms with Crippen LogP contribution in [0.15, 0.2) is 30.3 Å². The highest BCUT2D eigenvalue weighted by molar-refractivity contribution is 5.33. The van der Waals surface area contributed by atoms with Crippen molar-refractivity contribution in [1.82, 2.24) is 9.78 Å². The summed E-state index contributed by atoms with van der Waals surface area (Å²) in [5, 5.41) is 14.9. The fourth-order valence-corrected chi connectivity index (χ4v) is 2.15. The van der Waals surface area contributed by atoms with Crippen molar-refractivity contribution in [2.75, 3.05) is 6.61 Å². The van der Waals surface area contributed by atoms with Crippen molar-refractivity contribution in [3.05, 3.63) is 47.3 Å². The molecule has 1 unspecified atom stereocenters. The van der Waals surface area contributed by atoms with Gasteiger partial charge in [-0.1, -0.05) is 12.1 Å². The normalized spacial score (nSPS) is 12.4. The number of aliphatic hydroxyl groups excluding tert-OH is 1. The Labute approximate surface area is 113 Å². The largest absolute Gasteiger partial charge is 0.494 e. The van der Waals surface area contributed by atoms with E-state index in [0.717, 1.165) is 29.2 Å². The third-order valence-corrected chi connectivity index (χ3v) is 3.00. The number of nitrogens with zero attached hydrogens (tertiary/aromatic N) is 2. The minimum absolute atomic E-state index is 0.617. The molecule has 0 spiro atoms. The molecule has 0 saturated heterocycles. The predicted octanol–water partition coefficient (Wildman–Crippen LogP) is 2.69. The first-order valence-electron chi connectivity index (χ1n) is 6.60. The van der Waals surface area contributed by atoms with Crippen LogP contribution in [0.2, 0.25) is 0 Å². The van der Waals surface area contributed by atoms with Crippen LogP contribution in [-0.4, -0.2) is 21.5 Å². The molecule has 0 bridgehead atoms. The lowest BCUT2D eigenvalue weighted by Crippen LogP contribution is -2.09. The highest BCUT2D eigenvalue weighted by Gasteiger charge is 2.16. The Bertz CT molecular complexity index is 549. The summed E-state index contributed by atoms with van der Waals surface area (Å²) in [6.45, 7) is 7.24. The van der Waals surface area contributed by atoms with Crippen LogP contribution in [0.3, 0.4) is 0 Å². The number of hydrogen-bond donors (Lipinski definition) is 1. The topological polar surface area (TPSA) is 47.3 Å². The summed E-state index contributed by atoms with van der Waals surface area (Å²) in [5.41, 5.74) is 2.55. The van der Waals surface area contributed by atoms with Gasteiger partial charge in [-0.2, -0.15) is 5.10 Å². The van der Waals surface area contributed by atoms with Crippen molar-refractivity contribution in [3.63, 3.8) is 0 Å². The molecule has 4 nitrogen and oxygen atoms in total. The van der Waals surface area contributed by atoms with Gasteiger partial charge in [-0.05, 0) is 44.5 Å². The maximum absolute atomic E-state index is 10.5. The number of aryl methyl sites for hydroxylation is 2. The Balaban J connectivity index is 2.32. The molecule has 2 rings (SSSR count). The Morgan fingerprint density at radius 3 is 2.79 bits per heavy atom. The average Bonchev–Trinajstić information content (AvgIpc) is 2.80. The third-order valence-electron chi connectivity index (χ3n) is 3.00. The zero-order valence-corrected chi connectivity index (χ0v) is 11.6. The molecule has 0 aliphatic carbocycles. The molecular formula is C15H20N2O2. The maximum Gasteiger partial charge on any atom is 0.121 e. The molecule has 19 heavy (non-hydrogen) atoms. The third kappa shape index (κ3) is 2.96. The summed E-state index contributed by atoms with van der Waals surface area (Å²) in [7, 11) is 0. The van der Waals surface area contributed by atoms with Gasteiger partial charge in [0.05, 0.1) is 18.0 Å². The van der Waals surface area contributed by atoms with E-state index in [-0.39, 0.29) is 0 Å². The van der Waals surface area contributed by atoms with Gasteiger partial charge in [-0.3, -0.25) is 4.68 Å². The van der Waals surface area contributed by atoms with Crippen LogP contribution in [0.4, 0.5) is 0 Å². The lowest BCUT2D eigenvalue weighted by molar-refractivity contribution is 0.207. The monoisotopic (exact) mass is 260 g/mol. The van der Waals surface area contributed by atoms with Crippen LogP contribution in [0.25, 0.3) is 0 Å². The Kier molecular flexibility index (Phi) is 4.22. The highest BCUT2D eigenvalue weighted by atomic mass is 16.5. The quantitative estimate of drug-likeness (QED) is 0.899. The van der Waals surface area contributed by atoms with Crippen LogP contribution in [-0.2, 0) is 6.54 Å². The first kappa shape index (κ1) is 13.6. The summed E-state index contributed by atoms with van der Waals surface area (Å²) in [5.74, 6) is 0.776. The molecule has 0 saturated carbocycles. The van der Waals surface area contributed by atoms with Crippen molar-refractivity contribution >= 4 is 0 Å². The molecule has 0 radical (unpaired) electrons. The first-order valence-corrected chi connectivity index (χ1v) is 6.60. The minimum Gasteiger partial charge on any atom is -0.494 e. The van der Waals surface area contributed by atoms with Gasteiger partial charge in [0, 0.05) is 6.54 Å². The van der Waals surface area contributed by atoms with E-state index in [4.69, 9.17) is 4.74 Å². The van der Waals surface area contributed by atoms with Gasteiger partial charge in [0.1, 0.15) is 11.9 Å². The van der Waals surface area contributed by atoms with Gasteiger partial charge in [0.2, 0.25) is 0 Å². The fourth-order valence-electron chi connectivity index (χ4n) is 2.15.